The molecule has 15 aromatic carbocycles. The van der Waals surface area contributed by atoms with Crippen LogP contribution in [0.4, 0.5) is 34.1 Å². The predicted molar refractivity (Wildman–Crippen MR) is 488 cm³/mol. The minimum Gasteiger partial charge on any atom is -0.310 e. The van der Waals surface area contributed by atoms with Gasteiger partial charge >= 0.3 is 0 Å². The van der Waals surface area contributed by atoms with Gasteiger partial charge in [-0.2, -0.15) is 0 Å². The molecule has 3 nitrogen and oxygen atoms in total. The summed E-state index contributed by atoms with van der Waals surface area (Å²) < 4.78 is 2.62. The van der Waals surface area contributed by atoms with Gasteiger partial charge in [-0.1, -0.05) is 340 Å². The summed E-state index contributed by atoms with van der Waals surface area (Å²) in [6.07, 6.45) is 0. The Morgan fingerprint density at radius 2 is 0.589 bits per heavy atom. The topological polar surface area (TPSA) is 11.4 Å². The van der Waals surface area contributed by atoms with E-state index in [9.17, 15) is 0 Å². The highest BCUT2D eigenvalue weighted by atomic mass is 15.2. The van der Waals surface area contributed by atoms with Crippen LogP contribution in [0.2, 0.25) is 0 Å². The first kappa shape index (κ1) is 72.6. The molecular formula is C108H106BN3. The number of rotatable bonds is 8. The molecule has 0 atom stereocenters. The van der Waals surface area contributed by atoms with E-state index in [2.05, 4.69) is 421 Å². The zero-order valence-corrected chi connectivity index (χ0v) is 69.7. The molecule has 2 aliphatic heterocycles. The largest absolute Gasteiger partial charge is 0.310 e. The average Bonchev–Trinajstić information content (AvgIpc) is 1.05. The molecule has 0 fully saturated rings. The van der Waals surface area contributed by atoms with Crippen molar-refractivity contribution >= 4 is 111 Å². The Kier molecular flexibility index (Phi) is 16.4. The van der Waals surface area contributed by atoms with Gasteiger partial charge in [0.05, 0.1) is 22.4 Å². The molecule has 16 aromatic rings. The summed E-state index contributed by atoms with van der Waals surface area (Å²) in [5, 5.41) is 10.4. The molecule has 112 heavy (non-hydrogen) atoms. The third-order valence-electron chi connectivity index (χ3n) is 25.0. The number of hydrogen-bond donors (Lipinski definition) is 0. The summed E-state index contributed by atoms with van der Waals surface area (Å²) >= 11 is 0. The Balaban J connectivity index is 1.03. The molecular weight excluding hydrogens is 1350 g/mol. The van der Waals surface area contributed by atoms with E-state index in [1.165, 1.54) is 182 Å². The number of benzene rings is 15. The molecule has 4 heteroatoms. The first-order chi connectivity index (χ1) is 53.0. The van der Waals surface area contributed by atoms with Crippen molar-refractivity contribution in [3.05, 3.63) is 300 Å². The monoisotopic (exact) mass is 1460 g/mol. The zero-order chi connectivity index (χ0) is 78.6. The molecule has 2 aliphatic rings. The van der Waals surface area contributed by atoms with Gasteiger partial charge in [0.25, 0.3) is 6.71 Å². The van der Waals surface area contributed by atoms with Crippen LogP contribution in [-0.4, -0.2) is 11.3 Å². The van der Waals surface area contributed by atoms with Crippen LogP contribution in [0.1, 0.15) is 184 Å². The SMILES string of the molecule is CC(C)(C)c1ccc(-c2cc(C(C)(C)C)cc(-c3ccc(C(C)(C)C)cc3)c2N2c3ccc(-c4ccccc4)cc3B3c4ccc(-n5c6ccc7cccc8c9cccc%10ccc5c(c%109)c6c78)cc4N(c4c(-c5ccc(C(C)(C)C)cc5)cc(C(C)(C)C)cc4-c4ccc(C(C)(C)C)cc4)c4cc(C(C)(C)C)cc2c43)cc1. The van der Waals surface area contributed by atoms with Gasteiger partial charge in [-0.15, -0.1) is 0 Å². The van der Waals surface area contributed by atoms with E-state index < -0.39 is 0 Å². The highest BCUT2D eigenvalue weighted by Crippen LogP contribution is 2.57. The molecule has 0 amide bonds. The smallest absolute Gasteiger partial charge is 0.252 e. The van der Waals surface area contributed by atoms with E-state index >= 15 is 0 Å². The maximum atomic E-state index is 2.80. The van der Waals surface area contributed by atoms with Crippen LogP contribution in [0.3, 0.4) is 0 Å². The fraction of sp³-hybridized carbons (Fsp3) is 0.259. The molecule has 0 aliphatic carbocycles. The number of nitrogens with zero attached hydrogens (tertiary/aromatic N) is 3. The summed E-state index contributed by atoms with van der Waals surface area (Å²) in [6.45, 7) is 49.3. The molecule has 0 N–H and O–H groups in total. The number of hydrogen-bond acceptors (Lipinski definition) is 2. The summed E-state index contributed by atoms with van der Waals surface area (Å²) in [5.41, 5.74) is 34.2. The lowest BCUT2D eigenvalue weighted by molar-refractivity contribution is 0.589. The Labute approximate surface area is 665 Å². The lowest BCUT2D eigenvalue weighted by Crippen LogP contribution is -2.61. The Hall–Kier alpha value is -10.9. The van der Waals surface area contributed by atoms with E-state index in [4.69, 9.17) is 0 Å². The van der Waals surface area contributed by atoms with Crippen LogP contribution < -0.4 is 26.2 Å². The first-order valence-electron chi connectivity index (χ1n) is 40.8. The quantitative estimate of drug-likeness (QED) is 0.0853. The third-order valence-corrected chi connectivity index (χ3v) is 25.0. The van der Waals surface area contributed by atoms with Gasteiger partial charge in [0.1, 0.15) is 0 Å². The van der Waals surface area contributed by atoms with E-state index in [0.717, 1.165) is 22.7 Å². The Bertz CT molecular complexity index is 6150. The Morgan fingerprint density at radius 3 is 0.964 bits per heavy atom. The number of anilines is 6. The molecule has 0 bridgehead atoms. The standard InChI is InChI=1S/C108H106BN3/c1-102(2,3)73-44-33-66(34-45-73)83-58-77(106(13,14)15)59-84(67-35-46-74(47-36-67)103(4,5)6)100(83)111-89-54-43-72(65-27-23-22-24-28-65)57-88(89)109-87-53-52-80(110-90-55-41-70-29-25-31-81-82-32-26-30-71-42-56-91(110)98(96(71)82)97(90)95(70)81)64-92(87)112(94-63-79(108(19,20)21)62-93(111)99(94)109)101-85(68-37-48-75(49-38-68)104(7,8)9)60-78(107(16,17)18)61-86(101)69-39-50-76(51-40-69)105(10,11)12/h22-64H,1-21H3. The minimum absolute atomic E-state index is 0.0469. The predicted octanol–water partition coefficient (Wildman–Crippen LogP) is 28.6. The summed E-state index contributed by atoms with van der Waals surface area (Å²) in [7, 11) is 0. The molecule has 0 saturated heterocycles. The fourth-order valence-electron chi connectivity index (χ4n) is 18.4. The van der Waals surface area contributed by atoms with Crippen molar-refractivity contribution in [2.45, 2.75) is 183 Å². The maximum Gasteiger partial charge on any atom is 0.252 e. The first-order valence-corrected chi connectivity index (χ1v) is 40.8. The third kappa shape index (κ3) is 11.9. The second-order valence-electron chi connectivity index (χ2n) is 39.9. The summed E-state index contributed by atoms with van der Waals surface area (Å²) in [5.74, 6) is 0. The van der Waals surface area contributed by atoms with Crippen molar-refractivity contribution in [3.8, 4) is 61.3 Å². The fourth-order valence-corrected chi connectivity index (χ4v) is 18.4. The van der Waals surface area contributed by atoms with Crippen LogP contribution in [-0.2, 0) is 37.9 Å². The van der Waals surface area contributed by atoms with Crippen LogP contribution in [0.15, 0.2) is 261 Å². The van der Waals surface area contributed by atoms with Crippen LogP contribution >= 0.6 is 0 Å². The molecule has 0 radical (unpaired) electrons. The van der Waals surface area contributed by atoms with Crippen LogP contribution in [0.5, 0.6) is 0 Å². The van der Waals surface area contributed by atoms with Crippen molar-refractivity contribution in [1.29, 1.82) is 0 Å². The van der Waals surface area contributed by atoms with E-state index in [1.54, 1.807) is 0 Å². The van der Waals surface area contributed by atoms with Gasteiger partial charge in [0.15, 0.2) is 0 Å². The Morgan fingerprint density at radius 1 is 0.232 bits per heavy atom. The van der Waals surface area contributed by atoms with Crippen molar-refractivity contribution < 1.29 is 0 Å². The molecule has 3 heterocycles. The second kappa shape index (κ2) is 25.3. The lowest BCUT2D eigenvalue weighted by atomic mass is 9.33. The number of aromatic nitrogens is 1. The van der Waals surface area contributed by atoms with Gasteiger partial charge < -0.3 is 14.4 Å². The minimum atomic E-state index is -0.336. The van der Waals surface area contributed by atoms with E-state index in [0.29, 0.717) is 0 Å². The van der Waals surface area contributed by atoms with Crippen LogP contribution in [0.25, 0.3) is 115 Å². The van der Waals surface area contributed by atoms with Crippen molar-refractivity contribution in [1.82, 2.24) is 4.57 Å². The van der Waals surface area contributed by atoms with Gasteiger partial charge in [0, 0.05) is 61.5 Å². The van der Waals surface area contributed by atoms with Crippen molar-refractivity contribution in [2.24, 2.45) is 0 Å². The molecule has 1 aromatic heterocycles. The molecule has 0 spiro atoms. The molecule has 0 unspecified atom stereocenters. The van der Waals surface area contributed by atoms with Gasteiger partial charge in [-0.3, -0.25) is 0 Å². The maximum absolute atomic E-state index is 2.80. The molecule has 18 rings (SSSR count). The van der Waals surface area contributed by atoms with Crippen LogP contribution in [0, 0.1) is 0 Å². The highest BCUT2D eigenvalue weighted by molar-refractivity contribution is 7.00. The molecule has 0 saturated carbocycles. The average molecular weight is 1460 g/mol. The second-order valence-corrected chi connectivity index (χ2v) is 39.9. The number of fused-ring (bicyclic) bond motifs is 5. The lowest BCUT2D eigenvalue weighted by Gasteiger charge is -2.47. The van der Waals surface area contributed by atoms with Gasteiger partial charge in [0.2, 0.25) is 0 Å². The van der Waals surface area contributed by atoms with Gasteiger partial charge in [-0.05, 0) is 226 Å². The highest BCUT2D eigenvalue weighted by Gasteiger charge is 2.47. The van der Waals surface area contributed by atoms with Gasteiger partial charge in [-0.25, -0.2) is 0 Å². The normalized spacial score (nSPS) is 13.7. The zero-order valence-electron chi connectivity index (χ0n) is 69.7. The molecule has 556 valence electrons. The summed E-state index contributed by atoms with van der Waals surface area (Å²) in [4.78, 5) is 5.56. The van der Waals surface area contributed by atoms with E-state index in [-0.39, 0.29) is 44.6 Å². The van der Waals surface area contributed by atoms with Crippen molar-refractivity contribution in [2.75, 3.05) is 9.80 Å². The van der Waals surface area contributed by atoms with Crippen molar-refractivity contribution in [3.63, 3.8) is 0 Å². The van der Waals surface area contributed by atoms with E-state index in [1.807, 2.05) is 0 Å². The summed E-state index contributed by atoms with van der Waals surface area (Å²) in [6, 6.07) is 104.